The zero-order valence-corrected chi connectivity index (χ0v) is 13.2. The van der Waals surface area contributed by atoms with Crippen LogP contribution in [0, 0.1) is 10.1 Å². The number of aliphatic hydroxyl groups excluding tert-OH is 1. The molecule has 1 aromatic rings. The number of nitro groups is 1. The van der Waals surface area contributed by atoms with Gasteiger partial charge in [0.05, 0.1) is 11.0 Å². The smallest absolute Gasteiger partial charge is 0.331 e. The first kappa shape index (κ1) is 16.7. The summed E-state index contributed by atoms with van der Waals surface area (Å²) in [4.78, 5) is 35.4. The Morgan fingerprint density at radius 1 is 1.46 bits per heavy atom. The average Bonchev–Trinajstić information content (AvgIpc) is 2.59. The number of aliphatic hydroxyl groups is 1. The molecule has 128 valence electrons. The van der Waals surface area contributed by atoms with Crippen LogP contribution >= 0.6 is 11.8 Å². The Balaban J connectivity index is 1.63. The van der Waals surface area contributed by atoms with Crippen molar-refractivity contribution in [3.8, 4) is 0 Å². The van der Waals surface area contributed by atoms with Gasteiger partial charge < -0.3 is 20.5 Å². The van der Waals surface area contributed by atoms with Gasteiger partial charge in [-0.2, -0.15) is 0 Å². The van der Waals surface area contributed by atoms with Gasteiger partial charge in [0.1, 0.15) is 18.0 Å². The van der Waals surface area contributed by atoms with Crippen molar-refractivity contribution in [1.82, 2.24) is 4.90 Å². The fourth-order valence-electron chi connectivity index (χ4n) is 2.69. The van der Waals surface area contributed by atoms with Crippen LogP contribution in [0.2, 0.25) is 0 Å². The molecule has 2 fully saturated rings. The second kappa shape index (κ2) is 6.38. The van der Waals surface area contributed by atoms with E-state index in [0.717, 1.165) is 0 Å². The Kier molecular flexibility index (Phi) is 4.43. The second-order valence-electron chi connectivity index (χ2n) is 5.54. The van der Waals surface area contributed by atoms with E-state index in [4.69, 9.17) is 10.5 Å². The lowest BCUT2D eigenvalue weighted by Gasteiger charge is -2.52. The van der Waals surface area contributed by atoms with E-state index in [9.17, 15) is 24.8 Å². The number of esters is 1. The van der Waals surface area contributed by atoms with Crippen LogP contribution in [0.5, 0.6) is 0 Å². The van der Waals surface area contributed by atoms with Crippen molar-refractivity contribution < 1.29 is 24.4 Å². The molecule has 1 aromatic carbocycles. The van der Waals surface area contributed by atoms with E-state index in [1.807, 2.05) is 0 Å². The van der Waals surface area contributed by atoms with Crippen LogP contribution in [0.25, 0.3) is 0 Å². The topological polar surface area (TPSA) is 136 Å². The molecule has 0 radical (unpaired) electrons. The summed E-state index contributed by atoms with van der Waals surface area (Å²) >= 11 is 1.33. The molecule has 2 heterocycles. The first-order valence-corrected chi connectivity index (χ1v) is 8.22. The Labute approximate surface area is 140 Å². The van der Waals surface area contributed by atoms with Crippen LogP contribution in [-0.2, 0) is 20.9 Å². The molecule has 10 heteroatoms. The van der Waals surface area contributed by atoms with E-state index in [2.05, 4.69) is 0 Å². The highest BCUT2D eigenvalue weighted by Gasteiger charge is 2.56. The third-order valence-corrected chi connectivity index (χ3v) is 5.39. The van der Waals surface area contributed by atoms with Crippen molar-refractivity contribution in [1.29, 1.82) is 0 Å². The second-order valence-corrected chi connectivity index (χ2v) is 6.69. The molecular weight excluding hydrogens is 338 g/mol. The fourth-order valence-corrected chi connectivity index (χ4v) is 3.98. The Bertz CT molecular complexity index is 682. The maximum Gasteiger partial charge on any atom is 0.331 e. The number of ether oxygens (including phenoxy) is 1. The third-order valence-electron chi connectivity index (χ3n) is 3.99. The molecule has 0 saturated carbocycles. The summed E-state index contributed by atoms with van der Waals surface area (Å²) in [5, 5.41) is 20.3. The van der Waals surface area contributed by atoms with Crippen LogP contribution in [-0.4, -0.2) is 56.1 Å². The number of thioether (sulfide) groups is 1. The number of fused-ring (bicyclic) bond motifs is 1. The van der Waals surface area contributed by atoms with E-state index in [1.165, 1.54) is 40.9 Å². The molecule has 3 rings (SSSR count). The molecule has 9 nitrogen and oxygen atoms in total. The molecule has 2 unspecified atom stereocenters. The van der Waals surface area contributed by atoms with Crippen molar-refractivity contribution in [2.45, 2.75) is 30.2 Å². The van der Waals surface area contributed by atoms with Crippen molar-refractivity contribution >= 4 is 29.3 Å². The number of non-ortho nitro benzene ring substituents is 1. The summed E-state index contributed by atoms with van der Waals surface area (Å²) < 4.78 is 5.16. The minimum absolute atomic E-state index is 0.0622. The maximum atomic E-state index is 12.3. The van der Waals surface area contributed by atoms with Crippen molar-refractivity contribution in [3.63, 3.8) is 0 Å². The molecule has 2 aliphatic rings. The lowest BCUT2D eigenvalue weighted by atomic mass is 10.0. The van der Waals surface area contributed by atoms with Crippen molar-refractivity contribution in [3.05, 3.63) is 39.9 Å². The van der Waals surface area contributed by atoms with E-state index in [1.54, 1.807) is 0 Å². The zero-order valence-electron chi connectivity index (χ0n) is 12.4. The molecule has 2 aliphatic heterocycles. The largest absolute Gasteiger partial charge is 0.459 e. The monoisotopic (exact) mass is 353 g/mol. The fraction of sp³-hybridized carbons (Fsp3) is 0.429. The number of hydrogen-bond donors (Lipinski definition) is 2. The highest BCUT2D eigenvalue weighted by molar-refractivity contribution is 8.00. The summed E-state index contributed by atoms with van der Waals surface area (Å²) in [6.07, 6.45) is -1.02. The summed E-state index contributed by atoms with van der Waals surface area (Å²) in [6, 6.07) is 3.85. The number of nitro benzene ring substituents is 1. The molecular formula is C14H15N3O6S. The number of rotatable bonds is 4. The number of β-lactam (4-membered cyclic amide) rings is 1. The Hall–Kier alpha value is -2.17. The maximum absolute atomic E-state index is 12.3. The van der Waals surface area contributed by atoms with E-state index >= 15 is 0 Å². The van der Waals surface area contributed by atoms with Crippen LogP contribution < -0.4 is 5.73 Å². The standard InChI is InChI=1S/C14H15N3O6S/c15-10-12(19)16-11(9(18)6-24-13(10)16)14(20)23-5-7-1-3-8(4-2-7)17(21)22/h1-4,9-11,13,18H,5-6,15H2/t9?,10-,11?,13+/m1/s1. The number of amides is 1. The molecule has 0 aliphatic carbocycles. The van der Waals surface area contributed by atoms with Gasteiger partial charge in [0.25, 0.3) is 5.69 Å². The van der Waals surface area contributed by atoms with Crippen LogP contribution in [0.1, 0.15) is 5.56 Å². The number of nitrogens with two attached hydrogens (primary N) is 1. The van der Waals surface area contributed by atoms with Crippen LogP contribution in [0.15, 0.2) is 24.3 Å². The van der Waals surface area contributed by atoms with Gasteiger partial charge >= 0.3 is 5.97 Å². The highest BCUT2D eigenvalue weighted by Crippen LogP contribution is 2.37. The molecule has 24 heavy (non-hydrogen) atoms. The van der Waals surface area contributed by atoms with E-state index in [-0.39, 0.29) is 23.6 Å². The summed E-state index contributed by atoms with van der Waals surface area (Å²) in [5.74, 6) is -0.811. The van der Waals surface area contributed by atoms with Crippen LogP contribution in [0.4, 0.5) is 5.69 Å². The van der Waals surface area contributed by atoms with Crippen molar-refractivity contribution in [2.24, 2.45) is 5.73 Å². The van der Waals surface area contributed by atoms with Gasteiger partial charge in [-0.3, -0.25) is 14.9 Å². The number of carbonyl (C=O) groups is 2. The molecule has 4 atom stereocenters. The van der Waals surface area contributed by atoms with Gasteiger partial charge in [-0.05, 0) is 17.7 Å². The number of carbonyl (C=O) groups excluding carboxylic acids is 2. The van der Waals surface area contributed by atoms with Gasteiger partial charge in [0.2, 0.25) is 5.91 Å². The average molecular weight is 353 g/mol. The number of nitrogens with zero attached hydrogens (tertiary/aromatic N) is 2. The molecule has 3 N–H and O–H groups in total. The minimum atomic E-state index is -1.07. The molecule has 0 bridgehead atoms. The third kappa shape index (κ3) is 2.83. The lowest BCUT2D eigenvalue weighted by molar-refractivity contribution is -0.384. The minimum Gasteiger partial charge on any atom is -0.459 e. The first-order valence-electron chi connectivity index (χ1n) is 7.17. The van der Waals surface area contributed by atoms with Gasteiger partial charge in [-0.1, -0.05) is 0 Å². The summed E-state index contributed by atoms with van der Waals surface area (Å²) in [5.41, 5.74) is 6.19. The molecule has 2 saturated heterocycles. The lowest BCUT2D eigenvalue weighted by Crippen LogP contribution is -2.75. The van der Waals surface area contributed by atoms with Gasteiger partial charge in [0, 0.05) is 17.9 Å². The summed E-state index contributed by atoms with van der Waals surface area (Å²) in [6.45, 7) is -0.105. The first-order chi connectivity index (χ1) is 11.4. The highest BCUT2D eigenvalue weighted by atomic mass is 32.2. The van der Waals surface area contributed by atoms with Gasteiger partial charge in [-0.25, -0.2) is 4.79 Å². The van der Waals surface area contributed by atoms with E-state index < -0.39 is 29.1 Å². The Morgan fingerprint density at radius 2 is 2.12 bits per heavy atom. The Morgan fingerprint density at radius 3 is 2.75 bits per heavy atom. The van der Waals surface area contributed by atoms with Crippen LogP contribution in [0.3, 0.4) is 0 Å². The summed E-state index contributed by atoms with van der Waals surface area (Å²) in [7, 11) is 0. The SMILES string of the molecule is N[C@@H]1C(=O)N2C(C(=O)OCc3ccc([N+](=O)[O-])cc3)C(O)CS[C@@H]12. The van der Waals surface area contributed by atoms with Gasteiger partial charge in [0.15, 0.2) is 6.04 Å². The zero-order chi connectivity index (χ0) is 17.4. The predicted molar refractivity (Wildman–Crippen MR) is 83.8 cm³/mol. The van der Waals surface area contributed by atoms with E-state index in [0.29, 0.717) is 11.3 Å². The predicted octanol–water partition coefficient (Wildman–Crippen LogP) is -0.390. The van der Waals surface area contributed by atoms with Gasteiger partial charge in [-0.15, -0.1) is 11.8 Å². The molecule has 0 aromatic heterocycles. The molecule has 0 spiro atoms. The molecule has 1 amide bonds. The number of hydrogen-bond acceptors (Lipinski definition) is 8. The van der Waals surface area contributed by atoms with Crippen molar-refractivity contribution in [2.75, 3.05) is 5.75 Å². The number of benzene rings is 1. The normalized spacial score (nSPS) is 28.8. The quantitative estimate of drug-likeness (QED) is 0.323.